The second-order valence-electron chi connectivity index (χ2n) is 4.25. The molecule has 0 fully saturated rings. The third kappa shape index (κ3) is 1.86. The lowest BCUT2D eigenvalue weighted by Gasteiger charge is -2.00. The largest absolute Gasteiger partial charge is 0.454 e. The minimum atomic E-state index is 0.291. The van der Waals surface area contributed by atoms with E-state index in [0.29, 0.717) is 6.79 Å². The maximum atomic E-state index is 5.32. The molecule has 92 valence electrons. The van der Waals surface area contributed by atoms with Crippen LogP contribution >= 0.6 is 0 Å². The van der Waals surface area contributed by atoms with Crippen LogP contribution in [0.4, 0.5) is 5.69 Å². The molecule has 0 radical (unpaired) electrons. The number of nitrogens with zero attached hydrogens (tertiary/aromatic N) is 2. The van der Waals surface area contributed by atoms with Crippen LogP contribution in [0.25, 0.3) is 0 Å². The molecule has 0 saturated carbocycles. The number of fused-ring (bicyclic) bond motifs is 1. The average Bonchev–Trinajstić information content (AvgIpc) is 2.96. The molecular weight excluding hydrogens is 228 g/mol. The van der Waals surface area contributed by atoms with Crippen molar-refractivity contribution in [3.05, 3.63) is 41.7 Å². The van der Waals surface area contributed by atoms with Gasteiger partial charge in [-0.25, -0.2) is 0 Å². The minimum absolute atomic E-state index is 0.291. The number of ether oxygens (including phenoxy) is 2. The molecule has 4 nitrogen and oxygen atoms in total. The van der Waals surface area contributed by atoms with Crippen molar-refractivity contribution >= 4 is 11.9 Å². The normalized spacial score (nSPS) is 13.4. The van der Waals surface area contributed by atoms with Gasteiger partial charge in [-0.2, -0.15) is 0 Å². The molecule has 1 aliphatic heterocycles. The zero-order chi connectivity index (χ0) is 12.5. The molecule has 0 bridgehead atoms. The molecule has 18 heavy (non-hydrogen) atoms. The van der Waals surface area contributed by atoms with E-state index in [1.165, 1.54) is 5.69 Å². The van der Waals surface area contributed by atoms with E-state index >= 15 is 0 Å². The predicted octanol–water partition coefficient (Wildman–Crippen LogP) is 2.81. The molecule has 1 aromatic carbocycles. The van der Waals surface area contributed by atoms with Gasteiger partial charge in [0.05, 0.1) is 17.6 Å². The fourth-order valence-electron chi connectivity index (χ4n) is 1.87. The summed E-state index contributed by atoms with van der Waals surface area (Å²) in [4.78, 5) is 4.45. The smallest absolute Gasteiger partial charge is 0.231 e. The summed E-state index contributed by atoms with van der Waals surface area (Å²) in [5, 5.41) is 0. The summed E-state index contributed by atoms with van der Waals surface area (Å²) < 4.78 is 12.7. The molecule has 1 aromatic heterocycles. The molecule has 0 saturated heterocycles. The number of rotatable bonds is 2. The van der Waals surface area contributed by atoms with Crippen molar-refractivity contribution in [1.82, 2.24) is 4.57 Å². The van der Waals surface area contributed by atoms with Crippen LogP contribution in [0.1, 0.15) is 11.4 Å². The fraction of sp³-hybridized carbons (Fsp3) is 0.214. The molecular formula is C14H14N2O2. The summed E-state index contributed by atoms with van der Waals surface area (Å²) in [5.74, 6) is 1.54. The quantitative estimate of drug-likeness (QED) is 0.759. The Kier molecular flexibility index (Phi) is 2.55. The molecule has 1 aliphatic rings. The summed E-state index contributed by atoms with van der Waals surface area (Å²) >= 11 is 0. The first-order valence-electron chi connectivity index (χ1n) is 5.80. The minimum Gasteiger partial charge on any atom is -0.454 e. The van der Waals surface area contributed by atoms with Gasteiger partial charge in [0.1, 0.15) is 0 Å². The van der Waals surface area contributed by atoms with Crippen molar-refractivity contribution < 1.29 is 9.47 Å². The molecule has 2 aromatic rings. The van der Waals surface area contributed by atoms with E-state index in [2.05, 4.69) is 22.5 Å². The van der Waals surface area contributed by atoms with E-state index in [-0.39, 0.29) is 0 Å². The molecule has 0 atom stereocenters. The number of aromatic nitrogens is 1. The molecule has 0 unspecified atom stereocenters. The van der Waals surface area contributed by atoms with E-state index in [9.17, 15) is 0 Å². The number of benzene rings is 1. The van der Waals surface area contributed by atoms with Crippen molar-refractivity contribution in [3.63, 3.8) is 0 Å². The topological polar surface area (TPSA) is 35.8 Å². The van der Waals surface area contributed by atoms with Gasteiger partial charge in [0.15, 0.2) is 11.5 Å². The van der Waals surface area contributed by atoms with E-state index in [0.717, 1.165) is 22.9 Å². The lowest BCUT2D eigenvalue weighted by molar-refractivity contribution is 0.174. The van der Waals surface area contributed by atoms with Gasteiger partial charge < -0.3 is 14.0 Å². The second-order valence-corrected chi connectivity index (χ2v) is 4.25. The highest BCUT2D eigenvalue weighted by atomic mass is 16.7. The highest BCUT2D eigenvalue weighted by Crippen LogP contribution is 2.35. The highest BCUT2D eigenvalue weighted by molar-refractivity contribution is 5.80. The van der Waals surface area contributed by atoms with Crippen LogP contribution in [0.5, 0.6) is 11.5 Å². The summed E-state index contributed by atoms with van der Waals surface area (Å²) in [6.07, 6.45) is 1.85. The van der Waals surface area contributed by atoms with E-state index < -0.39 is 0 Å². The van der Waals surface area contributed by atoms with Gasteiger partial charge in [-0.05, 0) is 31.2 Å². The maximum Gasteiger partial charge on any atom is 0.231 e. The first-order valence-corrected chi connectivity index (χ1v) is 5.80. The summed E-state index contributed by atoms with van der Waals surface area (Å²) in [5.41, 5.74) is 3.14. The highest BCUT2D eigenvalue weighted by Gasteiger charge is 2.12. The molecule has 0 aliphatic carbocycles. The van der Waals surface area contributed by atoms with Gasteiger partial charge in [0, 0.05) is 18.8 Å². The zero-order valence-corrected chi connectivity index (χ0v) is 10.4. The van der Waals surface area contributed by atoms with Crippen molar-refractivity contribution in [2.24, 2.45) is 12.0 Å². The Morgan fingerprint density at radius 1 is 1.17 bits per heavy atom. The Labute approximate surface area is 105 Å². The van der Waals surface area contributed by atoms with E-state index in [4.69, 9.17) is 9.47 Å². The van der Waals surface area contributed by atoms with Gasteiger partial charge in [-0.3, -0.25) is 4.99 Å². The van der Waals surface area contributed by atoms with Crippen LogP contribution in [0, 0.1) is 6.92 Å². The van der Waals surface area contributed by atoms with Crippen LogP contribution < -0.4 is 9.47 Å². The monoisotopic (exact) mass is 242 g/mol. The SMILES string of the molecule is Cc1ccc(C=Nc2ccc3c(c2)OCO3)n1C. The summed E-state index contributed by atoms with van der Waals surface area (Å²) in [6, 6.07) is 9.80. The molecule has 3 rings (SSSR count). The Balaban J connectivity index is 1.86. The average molecular weight is 242 g/mol. The van der Waals surface area contributed by atoms with Crippen molar-refractivity contribution in [1.29, 1.82) is 0 Å². The third-order valence-electron chi connectivity index (χ3n) is 3.11. The predicted molar refractivity (Wildman–Crippen MR) is 70.0 cm³/mol. The molecule has 0 amide bonds. The van der Waals surface area contributed by atoms with E-state index in [1.54, 1.807) is 0 Å². The molecule has 0 N–H and O–H groups in total. The Hall–Kier alpha value is -2.23. The number of hydrogen-bond donors (Lipinski definition) is 0. The summed E-state index contributed by atoms with van der Waals surface area (Å²) in [7, 11) is 2.02. The molecule has 2 heterocycles. The lowest BCUT2D eigenvalue weighted by Crippen LogP contribution is -1.96. The maximum absolute atomic E-state index is 5.32. The van der Waals surface area contributed by atoms with Crippen LogP contribution in [0.3, 0.4) is 0 Å². The van der Waals surface area contributed by atoms with Crippen LogP contribution in [0.2, 0.25) is 0 Å². The van der Waals surface area contributed by atoms with E-state index in [1.807, 2.05) is 37.5 Å². The van der Waals surface area contributed by atoms with Gasteiger partial charge in [-0.1, -0.05) is 0 Å². The van der Waals surface area contributed by atoms with Crippen LogP contribution in [-0.4, -0.2) is 17.6 Å². The standard InChI is InChI=1S/C14H14N2O2/c1-10-3-5-12(16(10)2)8-15-11-4-6-13-14(7-11)18-9-17-13/h3-8H,9H2,1-2H3. The Morgan fingerprint density at radius 2 is 2.00 bits per heavy atom. The lowest BCUT2D eigenvalue weighted by atomic mass is 10.3. The molecule has 4 heteroatoms. The first-order chi connectivity index (χ1) is 8.74. The van der Waals surface area contributed by atoms with Gasteiger partial charge >= 0.3 is 0 Å². The fourth-order valence-corrected chi connectivity index (χ4v) is 1.87. The molecule has 0 spiro atoms. The summed E-state index contributed by atoms with van der Waals surface area (Å²) in [6.45, 7) is 2.36. The Morgan fingerprint density at radius 3 is 2.78 bits per heavy atom. The third-order valence-corrected chi connectivity index (χ3v) is 3.11. The van der Waals surface area contributed by atoms with Crippen molar-refractivity contribution in [2.75, 3.05) is 6.79 Å². The van der Waals surface area contributed by atoms with Crippen LogP contribution in [0.15, 0.2) is 35.3 Å². The number of hydrogen-bond acceptors (Lipinski definition) is 3. The number of aryl methyl sites for hydroxylation is 1. The van der Waals surface area contributed by atoms with Crippen molar-refractivity contribution in [2.45, 2.75) is 6.92 Å². The number of aliphatic imine (C=N–C) groups is 1. The second kappa shape index (κ2) is 4.22. The van der Waals surface area contributed by atoms with Gasteiger partial charge in [0.25, 0.3) is 0 Å². The van der Waals surface area contributed by atoms with Crippen LogP contribution in [-0.2, 0) is 7.05 Å². The Bertz CT molecular complexity index is 614. The van der Waals surface area contributed by atoms with Gasteiger partial charge in [0.2, 0.25) is 6.79 Å². The first kappa shape index (κ1) is 10.9. The zero-order valence-electron chi connectivity index (χ0n) is 10.4. The van der Waals surface area contributed by atoms with Crippen molar-refractivity contribution in [3.8, 4) is 11.5 Å². The van der Waals surface area contributed by atoms with Gasteiger partial charge in [-0.15, -0.1) is 0 Å².